The summed E-state index contributed by atoms with van der Waals surface area (Å²) in [7, 11) is 1.94. The summed E-state index contributed by atoms with van der Waals surface area (Å²) >= 11 is 5.17. The molecule has 0 bridgehead atoms. The maximum Gasteiger partial charge on any atom is 0.137 e. The zero-order valence-corrected chi connectivity index (χ0v) is 13.0. The minimum absolute atomic E-state index is 0.385. The van der Waals surface area contributed by atoms with E-state index in [2.05, 4.69) is 37.7 Å². The molecule has 2 N–H and O–H groups in total. The van der Waals surface area contributed by atoms with Crippen LogP contribution in [0.1, 0.15) is 39.0 Å². The molecular formula is C13H24N4S. The Morgan fingerprint density at radius 3 is 2.33 bits per heavy atom. The van der Waals surface area contributed by atoms with E-state index in [1.165, 1.54) is 0 Å². The van der Waals surface area contributed by atoms with Crippen LogP contribution < -0.4 is 10.6 Å². The molecule has 0 unspecified atom stereocenters. The predicted octanol–water partition coefficient (Wildman–Crippen LogP) is 2.23. The van der Waals surface area contributed by atoms with Crippen molar-refractivity contribution in [2.45, 2.75) is 40.7 Å². The maximum atomic E-state index is 5.85. The van der Waals surface area contributed by atoms with Crippen molar-refractivity contribution in [1.82, 2.24) is 9.78 Å². The third-order valence-corrected chi connectivity index (χ3v) is 3.10. The Bertz CT molecular complexity index is 434. The Labute approximate surface area is 115 Å². The lowest BCUT2D eigenvalue weighted by Gasteiger charge is -2.31. The second-order valence-corrected chi connectivity index (χ2v) is 5.85. The van der Waals surface area contributed by atoms with Gasteiger partial charge in [-0.3, -0.25) is 4.68 Å². The summed E-state index contributed by atoms with van der Waals surface area (Å²) in [5.41, 5.74) is 7.65. The molecule has 1 rings (SSSR count). The Hall–Kier alpha value is -1.10. The number of hydrogen-bond acceptors (Lipinski definition) is 3. The molecule has 0 aromatic carbocycles. The fourth-order valence-electron chi connectivity index (χ4n) is 2.20. The highest BCUT2D eigenvalue weighted by Gasteiger charge is 2.23. The molecule has 0 atom stereocenters. The van der Waals surface area contributed by atoms with Gasteiger partial charge in [-0.2, -0.15) is 5.10 Å². The number of rotatable bonds is 5. The van der Waals surface area contributed by atoms with Crippen molar-refractivity contribution in [2.75, 3.05) is 11.4 Å². The summed E-state index contributed by atoms with van der Waals surface area (Å²) in [6.45, 7) is 11.7. The number of aryl methyl sites for hydroxylation is 2. The molecule has 5 heteroatoms. The fourth-order valence-corrected chi connectivity index (χ4v) is 2.44. The molecule has 1 aromatic heterocycles. The van der Waals surface area contributed by atoms with Crippen LogP contribution in [0.5, 0.6) is 0 Å². The Balaban J connectivity index is 3.31. The number of aromatic nitrogens is 2. The van der Waals surface area contributed by atoms with Gasteiger partial charge >= 0.3 is 0 Å². The topological polar surface area (TPSA) is 47.1 Å². The van der Waals surface area contributed by atoms with Crippen molar-refractivity contribution in [2.24, 2.45) is 18.7 Å². The third-order valence-electron chi connectivity index (χ3n) is 2.90. The van der Waals surface area contributed by atoms with E-state index in [0.717, 1.165) is 23.6 Å². The first-order chi connectivity index (χ1) is 8.25. The molecule has 0 aliphatic carbocycles. The highest BCUT2D eigenvalue weighted by Crippen LogP contribution is 2.25. The first-order valence-corrected chi connectivity index (χ1v) is 6.76. The molecule has 0 aliphatic heterocycles. The van der Waals surface area contributed by atoms with E-state index in [1.54, 1.807) is 0 Å². The lowest BCUT2D eigenvalue weighted by molar-refractivity contribution is 0.553. The van der Waals surface area contributed by atoms with E-state index in [4.69, 9.17) is 18.0 Å². The van der Waals surface area contributed by atoms with Crippen LogP contribution in [0.25, 0.3) is 0 Å². The van der Waals surface area contributed by atoms with Crippen molar-refractivity contribution in [3.8, 4) is 0 Å². The number of nitrogens with zero attached hydrogens (tertiary/aromatic N) is 3. The zero-order valence-electron chi connectivity index (χ0n) is 12.2. The molecule has 0 fully saturated rings. The van der Waals surface area contributed by atoms with Gasteiger partial charge in [-0.25, -0.2) is 0 Å². The fraction of sp³-hybridized carbons (Fsp3) is 0.692. The van der Waals surface area contributed by atoms with E-state index in [-0.39, 0.29) is 0 Å². The molecule has 102 valence electrons. The van der Waals surface area contributed by atoms with E-state index < -0.39 is 0 Å². The second kappa shape index (κ2) is 5.69. The lowest BCUT2D eigenvalue weighted by Crippen LogP contribution is -2.37. The number of anilines is 1. The number of thiocarbonyl (C=S) groups is 1. The largest absolute Gasteiger partial charge is 0.389 e. The third kappa shape index (κ3) is 3.02. The van der Waals surface area contributed by atoms with E-state index in [1.807, 2.05) is 18.7 Å². The van der Waals surface area contributed by atoms with Crippen LogP contribution in [0.2, 0.25) is 0 Å². The zero-order chi connectivity index (χ0) is 14.0. The van der Waals surface area contributed by atoms with Gasteiger partial charge in [0.1, 0.15) is 10.8 Å². The Morgan fingerprint density at radius 2 is 1.94 bits per heavy atom. The van der Waals surface area contributed by atoms with Crippen molar-refractivity contribution < 1.29 is 0 Å². The van der Waals surface area contributed by atoms with Crippen LogP contribution >= 0.6 is 12.2 Å². The van der Waals surface area contributed by atoms with E-state index >= 15 is 0 Å². The van der Waals surface area contributed by atoms with Gasteiger partial charge in [0.25, 0.3) is 0 Å². The molecule has 0 aliphatic rings. The summed E-state index contributed by atoms with van der Waals surface area (Å²) in [5, 5.41) is 4.45. The van der Waals surface area contributed by atoms with Gasteiger partial charge in [-0.1, -0.05) is 26.1 Å². The predicted molar refractivity (Wildman–Crippen MR) is 81.2 cm³/mol. The lowest BCUT2D eigenvalue weighted by atomic mass is 10.1. The summed E-state index contributed by atoms with van der Waals surface area (Å²) in [6.07, 6.45) is 0. The molecular weight excluding hydrogens is 244 g/mol. The first kappa shape index (κ1) is 15.0. The van der Waals surface area contributed by atoms with Gasteiger partial charge in [0.05, 0.1) is 11.3 Å². The molecule has 18 heavy (non-hydrogen) atoms. The van der Waals surface area contributed by atoms with Crippen LogP contribution in [-0.2, 0) is 7.05 Å². The van der Waals surface area contributed by atoms with Gasteiger partial charge in [-0.05, 0) is 26.7 Å². The molecule has 1 heterocycles. The van der Waals surface area contributed by atoms with Crippen LogP contribution in [0.3, 0.4) is 0 Å². The normalized spacial score (nSPS) is 11.3. The summed E-state index contributed by atoms with van der Waals surface area (Å²) in [5.74, 6) is 1.60. The Kier molecular flexibility index (Phi) is 4.73. The van der Waals surface area contributed by atoms with Gasteiger partial charge in [-0.15, -0.1) is 0 Å². The van der Waals surface area contributed by atoms with E-state index in [0.29, 0.717) is 16.9 Å². The Morgan fingerprint density at radius 1 is 1.39 bits per heavy atom. The van der Waals surface area contributed by atoms with Gasteiger partial charge in [0, 0.05) is 19.6 Å². The van der Waals surface area contributed by atoms with Crippen molar-refractivity contribution in [3.05, 3.63) is 11.3 Å². The summed E-state index contributed by atoms with van der Waals surface area (Å²) < 4.78 is 1.88. The molecule has 4 nitrogen and oxygen atoms in total. The quantitative estimate of drug-likeness (QED) is 0.832. The average Bonchev–Trinajstić information content (AvgIpc) is 2.49. The molecule has 0 amide bonds. The first-order valence-electron chi connectivity index (χ1n) is 6.35. The van der Waals surface area contributed by atoms with Crippen LogP contribution in [0.4, 0.5) is 5.82 Å². The van der Waals surface area contributed by atoms with Crippen molar-refractivity contribution in [3.63, 3.8) is 0 Å². The van der Waals surface area contributed by atoms with Gasteiger partial charge in [0.2, 0.25) is 0 Å². The maximum absolute atomic E-state index is 5.85. The van der Waals surface area contributed by atoms with Crippen LogP contribution in [0.15, 0.2) is 0 Å². The molecule has 0 saturated carbocycles. The highest BCUT2D eigenvalue weighted by atomic mass is 32.1. The molecule has 0 radical (unpaired) electrons. The standard InChI is InChI=1S/C13H24N4S/c1-8(2)7-17(9(3)4)13-11(12(14)18)10(5)15-16(13)6/h8-9H,7H2,1-6H3,(H2,14,18). The van der Waals surface area contributed by atoms with Crippen LogP contribution in [-0.4, -0.2) is 27.4 Å². The highest BCUT2D eigenvalue weighted by molar-refractivity contribution is 7.80. The number of nitrogens with two attached hydrogens (primary N) is 1. The molecule has 0 spiro atoms. The summed E-state index contributed by atoms with van der Waals surface area (Å²) in [6, 6.07) is 0.385. The molecule has 1 aromatic rings. The van der Waals surface area contributed by atoms with Crippen molar-refractivity contribution in [1.29, 1.82) is 0 Å². The minimum Gasteiger partial charge on any atom is -0.389 e. The second-order valence-electron chi connectivity index (χ2n) is 5.41. The molecule has 0 saturated heterocycles. The van der Waals surface area contributed by atoms with Crippen LogP contribution in [0, 0.1) is 12.8 Å². The number of hydrogen-bond donors (Lipinski definition) is 1. The monoisotopic (exact) mass is 268 g/mol. The summed E-state index contributed by atoms with van der Waals surface area (Å²) in [4.78, 5) is 2.74. The van der Waals surface area contributed by atoms with E-state index in [9.17, 15) is 0 Å². The van der Waals surface area contributed by atoms with Gasteiger partial charge in [0.15, 0.2) is 0 Å². The smallest absolute Gasteiger partial charge is 0.137 e. The van der Waals surface area contributed by atoms with Gasteiger partial charge < -0.3 is 10.6 Å². The minimum atomic E-state index is 0.385. The SMILES string of the molecule is Cc1nn(C)c(N(CC(C)C)C(C)C)c1C(N)=S. The van der Waals surface area contributed by atoms with Crippen molar-refractivity contribution >= 4 is 23.0 Å². The average molecular weight is 268 g/mol.